The molecule has 9 aromatic carbocycles. The summed E-state index contributed by atoms with van der Waals surface area (Å²) in [6.45, 7) is 0. The Balaban J connectivity index is 1.16. The Kier molecular flexibility index (Phi) is 7.82. The lowest BCUT2D eigenvalue weighted by atomic mass is 9.87. The number of fused-ring (bicyclic) bond motifs is 6. The Bertz CT molecular complexity index is 3230. The zero-order valence-electron chi connectivity index (χ0n) is 31.0. The van der Waals surface area contributed by atoms with Crippen molar-refractivity contribution in [2.24, 2.45) is 0 Å². The second-order valence-electron chi connectivity index (χ2n) is 14.4. The smallest absolute Gasteiger partial charge is 0.143 e. The second-order valence-corrected chi connectivity index (χ2v) is 14.4. The molecule has 11 aromatic rings. The molecule has 268 valence electrons. The summed E-state index contributed by atoms with van der Waals surface area (Å²) in [5, 5.41) is 4.41. The van der Waals surface area contributed by atoms with Crippen LogP contribution in [0.1, 0.15) is 0 Å². The van der Waals surface area contributed by atoms with Crippen LogP contribution >= 0.6 is 0 Å². The summed E-state index contributed by atoms with van der Waals surface area (Å²) in [7, 11) is 0. The molecule has 0 saturated carbocycles. The third-order valence-electron chi connectivity index (χ3n) is 11.1. The predicted octanol–water partition coefficient (Wildman–Crippen LogP) is 15.6. The van der Waals surface area contributed by atoms with E-state index in [1.54, 1.807) is 0 Å². The maximum atomic E-state index is 6.47. The van der Waals surface area contributed by atoms with Crippen LogP contribution in [0.3, 0.4) is 0 Å². The zero-order chi connectivity index (χ0) is 37.7. The molecule has 2 aromatic heterocycles. The normalized spacial score (nSPS) is 11.5. The first-order chi connectivity index (χ1) is 28.3. The molecule has 0 atom stereocenters. The van der Waals surface area contributed by atoms with Crippen molar-refractivity contribution in [1.29, 1.82) is 0 Å². The van der Waals surface area contributed by atoms with Crippen LogP contribution < -0.4 is 4.90 Å². The molecule has 0 N–H and O–H groups in total. The number of hydrogen-bond acceptors (Lipinski definition) is 3. The molecule has 11 rings (SSSR count). The molecule has 0 unspecified atom stereocenters. The van der Waals surface area contributed by atoms with Gasteiger partial charge in [-0.25, -0.2) is 0 Å². The van der Waals surface area contributed by atoms with Crippen LogP contribution in [0.4, 0.5) is 17.1 Å². The van der Waals surface area contributed by atoms with Crippen molar-refractivity contribution in [2.45, 2.75) is 0 Å². The van der Waals surface area contributed by atoms with E-state index in [1.165, 1.54) is 11.1 Å². The van der Waals surface area contributed by atoms with Gasteiger partial charge in [-0.1, -0.05) is 164 Å². The SMILES string of the molecule is c1ccc(-c2ccccc2-c2c(-c3ccccc3)cccc2N(c2ccc(-c3cccc4c3oc3ccccc34)cc2)c2ccc3oc4ccccc4c3c2)cc1. The Hall–Kier alpha value is -7.62. The molecule has 57 heavy (non-hydrogen) atoms. The number of anilines is 3. The van der Waals surface area contributed by atoms with Gasteiger partial charge in [0.15, 0.2) is 0 Å². The third-order valence-corrected chi connectivity index (χ3v) is 11.1. The summed E-state index contributed by atoms with van der Waals surface area (Å²) >= 11 is 0. The number of hydrogen-bond donors (Lipinski definition) is 0. The van der Waals surface area contributed by atoms with Gasteiger partial charge >= 0.3 is 0 Å². The first-order valence-corrected chi connectivity index (χ1v) is 19.3. The second kappa shape index (κ2) is 13.6. The first-order valence-electron chi connectivity index (χ1n) is 19.3. The van der Waals surface area contributed by atoms with Crippen molar-refractivity contribution >= 4 is 60.9 Å². The van der Waals surface area contributed by atoms with Crippen molar-refractivity contribution in [1.82, 2.24) is 0 Å². The van der Waals surface area contributed by atoms with Gasteiger partial charge in [0.25, 0.3) is 0 Å². The average Bonchev–Trinajstić information content (AvgIpc) is 3.86. The lowest BCUT2D eigenvalue weighted by Crippen LogP contribution is -2.12. The minimum atomic E-state index is 0.863. The molecular formula is C54H35NO2. The Labute approximate surface area is 330 Å². The molecule has 0 amide bonds. The van der Waals surface area contributed by atoms with Gasteiger partial charge in [0.1, 0.15) is 22.3 Å². The fourth-order valence-corrected chi connectivity index (χ4v) is 8.48. The highest BCUT2D eigenvalue weighted by molar-refractivity contribution is 6.10. The zero-order valence-corrected chi connectivity index (χ0v) is 31.0. The minimum Gasteiger partial charge on any atom is -0.456 e. The molecular weight excluding hydrogens is 695 g/mol. The fraction of sp³-hybridized carbons (Fsp3) is 0. The van der Waals surface area contributed by atoms with Crippen LogP contribution in [0.25, 0.3) is 88.4 Å². The topological polar surface area (TPSA) is 29.5 Å². The van der Waals surface area contributed by atoms with E-state index in [-0.39, 0.29) is 0 Å². The monoisotopic (exact) mass is 729 g/mol. The highest BCUT2D eigenvalue weighted by atomic mass is 16.3. The summed E-state index contributed by atoms with van der Waals surface area (Å²) in [5.74, 6) is 0. The maximum Gasteiger partial charge on any atom is 0.143 e. The van der Waals surface area contributed by atoms with Crippen molar-refractivity contribution < 1.29 is 8.83 Å². The third kappa shape index (κ3) is 5.60. The summed E-state index contributed by atoms with van der Waals surface area (Å²) in [6.07, 6.45) is 0. The maximum absolute atomic E-state index is 6.47. The Morgan fingerprint density at radius 1 is 0.298 bits per heavy atom. The molecule has 0 aliphatic heterocycles. The van der Waals surface area contributed by atoms with Gasteiger partial charge < -0.3 is 13.7 Å². The van der Waals surface area contributed by atoms with Crippen LogP contribution in [0.15, 0.2) is 221 Å². The highest BCUT2D eigenvalue weighted by Gasteiger charge is 2.24. The number of rotatable bonds is 7. The van der Waals surface area contributed by atoms with Gasteiger partial charge in [-0.3, -0.25) is 0 Å². The van der Waals surface area contributed by atoms with E-state index in [1.807, 2.05) is 24.3 Å². The van der Waals surface area contributed by atoms with Gasteiger partial charge in [0, 0.05) is 44.0 Å². The van der Waals surface area contributed by atoms with Crippen molar-refractivity contribution in [2.75, 3.05) is 4.90 Å². The van der Waals surface area contributed by atoms with Crippen LogP contribution in [0, 0.1) is 0 Å². The van der Waals surface area contributed by atoms with Crippen LogP contribution in [0.2, 0.25) is 0 Å². The van der Waals surface area contributed by atoms with E-state index in [0.717, 1.165) is 94.3 Å². The van der Waals surface area contributed by atoms with Gasteiger partial charge in [-0.15, -0.1) is 0 Å². The van der Waals surface area contributed by atoms with E-state index < -0.39 is 0 Å². The number of nitrogens with zero attached hydrogens (tertiary/aromatic N) is 1. The summed E-state index contributed by atoms with van der Waals surface area (Å²) < 4.78 is 12.8. The Morgan fingerprint density at radius 2 is 0.807 bits per heavy atom. The number of para-hydroxylation sites is 3. The molecule has 0 spiro atoms. The molecule has 0 aliphatic carbocycles. The summed E-state index contributed by atoms with van der Waals surface area (Å²) in [6, 6.07) is 75.3. The lowest BCUT2D eigenvalue weighted by molar-refractivity contribution is 0.669. The summed E-state index contributed by atoms with van der Waals surface area (Å²) in [5.41, 5.74) is 15.8. The molecule has 0 radical (unpaired) electrons. The van der Waals surface area contributed by atoms with Crippen molar-refractivity contribution in [3.05, 3.63) is 212 Å². The first kappa shape index (κ1) is 32.8. The van der Waals surface area contributed by atoms with E-state index in [2.05, 4.69) is 193 Å². The van der Waals surface area contributed by atoms with E-state index in [4.69, 9.17) is 8.83 Å². The lowest BCUT2D eigenvalue weighted by Gasteiger charge is -2.30. The quantitative estimate of drug-likeness (QED) is 0.164. The van der Waals surface area contributed by atoms with Crippen LogP contribution in [0.5, 0.6) is 0 Å². The van der Waals surface area contributed by atoms with Gasteiger partial charge in [-0.2, -0.15) is 0 Å². The molecule has 2 heterocycles. The fourth-order valence-electron chi connectivity index (χ4n) is 8.48. The summed E-state index contributed by atoms with van der Waals surface area (Å²) in [4.78, 5) is 2.40. The highest BCUT2D eigenvalue weighted by Crippen LogP contribution is 2.49. The van der Waals surface area contributed by atoms with Gasteiger partial charge in [-0.05, 0) is 81.9 Å². The standard InChI is InChI=1S/C54H35NO2/c1-3-15-36(16-4-1)41-19-7-8-22-46(41)53-42(37-17-5-2-6-18-37)23-14-26-49(53)55(40-33-34-52-48(35-40)45-21-10-11-27-50(45)56-52)39-31-29-38(30-32-39)43-24-13-25-47-44-20-9-12-28-51(44)57-54(43)47/h1-35H. The van der Waals surface area contributed by atoms with Crippen molar-refractivity contribution in [3.8, 4) is 44.5 Å². The van der Waals surface area contributed by atoms with Crippen LogP contribution in [-0.2, 0) is 0 Å². The average molecular weight is 730 g/mol. The van der Waals surface area contributed by atoms with Gasteiger partial charge in [0.2, 0.25) is 0 Å². The molecule has 0 saturated heterocycles. The largest absolute Gasteiger partial charge is 0.456 e. The van der Waals surface area contributed by atoms with E-state index >= 15 is 0 Å². The van der Waals surface area contributed by atoms with Crippen LogP contribution in [-0.4, -0.2) is 0 Å². The van der Waals surface area contributed by atoms with E-state index in [0.29, 0.717) is 0 Å². The predicted molar refractivity (Wildman–Crippen MR) is 237 cm³/mol. The minimum absolute atomic E-state index is 0.863. The Morgan fingerprint density at radius 3 is 1.56 bits per heavy atom. The van der Waals surface area contributed by atoms with Gasteiger partial charge in [0.05, 0.1) is 5.69 Å². The van der Waals surface area contributed by atoms with E-state index in [9.17, 15) is 0 Å². The molecule has 3 nitrogen and oxygen atoms in total. The number of benzene rings is 9. The molecule has 3 heteroatoms. The number of furan rings is 2. The molecule has 0 bridgehead atoms. The van der Waals surface area contributed by atoms with Crippen molar-refractivity contribution in [3.63, 3.8) is 0 Å². The molecule has 0 aliphatic rings. The molecule has 0 fully saturated rings.